The average molecular weight is 324 g/mol. The predicted molar refractivity (Wildman–Crippen MR) is 86.6 cm³/mol. The lowest BCUT2D eigenvalue weighted by molar-refractivity contribution is -0.126. The Morgan fingerprint density at radius 2 is 2.27 bits per heavy atom. The number of carbonyl (C=O) groups is 2. The van der Waals surface area contributed by atoms with Gasteiger partial charge in [-0.1, -0.05) is 6.92 Å². The molecule has 6 nitrogen and oxygen atoms in total. The van der Waals surface area contributed by atoms with Gasteiger partial charge in [-0.05, 0) is 32.6 Å². The van der Waals surface area contributed by atoms with Crippen LogP contribution in [0.3, 0.4) is 0 Å². The van der Waals surface area contributed by atoms with E-state index in [0.29, 0.717) is 19.6 Å². The summed E-state index contributed by atoms with van der Waals surface area (Å²) in [5, 5.41) is 4.10. The SMILES string of the molecule is CCCc1nc(C)c(CNC(=O)[C@@H]2CCCN(C(N)=O)C2)s1. The van der Waals surface area contributed by atoms with Gasteiger partial charge in [0.1, 0.15) is 0 Å². The first kappa shape index (κ1) is 16.7. The van der Waals surface area contributed by atoms with Crippen molar-refractivity contribution >= 4 is 23.3 Å². The Hall–Kier alpha value is -1.63. The molecule has 1 aliphatic heterocycles. The van der Waals surface area contributed by atoms with E-state index in [-0.39, 0.29) is 11.8 Å². The molecule has 0 unspecified atom stereocenters. The van der Waals surface area contributed by atoms with Crippen molar-refractivity contribution in [3.8, 4) is 0 Å². The summed E-state index contributed by atoms with van der Waals surface area (Å²) in [4.78, 5) is 30.7. The van der Waals surface area contributed by atoms with Crippen LogP contribution in [0.25, 0.3) is 0 Å². The Morgan fingerprint density at radius 3 is 2.95 bits per heavy atom. The van der Waals surface area contributed by atoms with Gasteiger partial charge in [0.25, 0.3) is 0 Å². The highest BCUT2D eigenvalue weighted by Crippen LogP contribution is 2.20. The van der Waals surface area contributed by atoms with Crippen LogP contribution in [-0.2, 0) is 17.8 Å². The number of rotatable bonds is 5. The molecule has 1 fully saturated rings. The second-order valence-corrected chi connectivity index (χ2v) is 6.88. The average Bonchev–Trinajstić information content (AvgIpc) is 2.85. The van der Waals surface area contributed by atoms with Crippen LogP contribution in [0.2, 0.25) is 0 Å². The Morgan fingerprint density at radius 1 is 1.50 bits per heavy atom. The zero-order valence-electron chi connectivity index (χ0n) is 13.2. The van der Waals surface area contributed by atoms with Crippen molar-refractivity contribution in [3.63, 3.8) is 0 Å². The molecule has 0 radical (unpaired) electrons. The van der Waals surface area contributed by atoms with Gasteiger partial charge < -0.3 is 16.0 Å². The number of amides is 3. The van der Waals surface area contributed by atoms with Crippen LogP contribution in [-0.4, -0.2) is 34.9 Å². The van der Waals surface area contributed by atoms with Crippen LogP contribution < -0.4 is 11.1 Å². The molecule has 122 valence electrons. The standard InChI is InChI=1S/C15H24N4O2S/c1-3-5-13-18-10(2)12(22-13)8-17-14(20)11-6-4-7-19(9-11)15(16)21/h11H,3-9H2,1-2H3,(H2,16,21)(H,17,20)/t11-/m1/s1. The highest BCUT2D eigenvalue weighted by Gasteiger charge is 2.27. The monoisotopic (exact) mass is 324 g/mol. The number of urea groups is 1. The smallest absolute Gasteiger partial charge is 0.314 e. The van der Waals surface area contributed by atoms with E-state index in [1.54, 1.807) is 16.2 Å². The topological polar surface area (TPSA) is 88.3 Å². The van der Waals surface area contributed by atoms with Crippen LogP contribution in [0.1, 0.15) is 41.8 Å². The van der Waals surface area contributed by atoms with E-state index in [0.717, 1.165) is 41.3 Å². The third-order valence-corrected chi connectivity index (χ3v) is 5.15. The Kier molecular flexibility index (Phi) is 5.76. The molecule has 1 saturated heterocycles. The molecule has 22 heavy (non-hydrogen) atoms. The third kappa shape index (κ3) is 4.19. The van der Waals surface area contributed by atoms with E-state index >= 15 is 0 Å². The maximum atomic E-state index is 12.3. The summed E-state index contributed by atoms with van der Waals surface area (Å²) < 4.78 is 0. The van der Waals surface area contributed by atoms with E-state index in [1.165, 1.54) is 0 Å². The summed E-state index contributed by atoms with van der Waals surface area (Å²) in [6, 6.07) is -0.444. The summed E-state index contributed by atoms with van der Waals surface area (Å²) in [5.74, 6) is -0.166. The Bertz CT molecular complexity index is 544. The Labute approximate surface area is 135 Å². The lowest BCUT2D eigenvalue weighted by Gasteiger charge is -2.30. The molecule has 1 aliphatic rings. The summed E-state index contributed by atoms with van der Waals surface area (Å²) in [7, 11) is 0. The van der Waals surface area contributed by atoms with Crippen molar-refractivity contribution in [1.29, 1.82) is 0 Å². The molecule has 3 N–H and O–H groups in total. The van der Waals surface area contributed by atoms with Gasteiger partial charge in [0, 0.05) is 18.0 Å². The molecule has 3 amide bonds. The lowest BCUT2D eigenvalue weighted by Crippen LogP contribution is -2.47. The number of piperidine rings is 1. The highest BCUT2D eigenvalue weighted by molar-refractivity contribution is 7.11. The minimum atomic E-state index is -0.444. The van der Waals surface area contributed by atoms with Crippen LogP contribution in [0.15, 0.2) is 0 Å². The van der Waals surface area contributed by atoms with E-state index in [2.05, 4.69) is 17.2 Å². The number of aromatic nitrogens is 1. The van der Waals surface area contributed by atoms with Crippen molar-refractivity contribution in [3.05, 3.63) is 15.6 Å². The van der Waals surface area contributed by atoms with Crippen LogP contribution in [0.5, 0.6) is 0 Å². The molecular formula is C15H24N4O2S. The number of aryl methyl sites for hydroxylation is 2. The van der Waals surface area contributed by atoms with Crippen molar-refractivity contribution < 1.29 is 9.59 Å². The van der Waals surface area contributed by atoms with Gasteiger partial charge in [0.2, 0.25) is 5.91 Å². The maximum Gasteiger partial charge on any atom is 0.314 e. The van der Waals surface area contributed by atoms with Gasteiger partial charge in [-0.2, -0.15) is 0 Å². The molecule has 2 rings (SSSR count). The van der Waals surface area contributed by atoms with Crippen LogP contribution >= 0.6 is 11.3 Å². The molecule has 7 heteroatoms. The minimum Gasteiger partial charge on any atom is -0.351 e. The van der Waals surface area contributed by atoms with Crippen molar-refractivity contribution in [2.45, 2.75) is 46.1 Å². The highest BCUT2D eigenvalue weighted by atomic mass is 32.1. The van der Waals surface area contributed by atoms with Gasteiger partial charge in [-0.3, -0.25) is 4.79 Å². The second kappa shape index (κ2) is 7.58. The van der Waals surface area contributed by atoms with Crippen molar-refractivity contribution in [2.75, 3.05) is 13.1 Å². The van der Waals surface area contributed by atoms with E-state index in [1.807, 2.05) is 6.92 Å². The van der Waals surface area contributed by atoms with Crippen LogP contribution in [0.4, 0.5) is 4.79 Å². The van der Waals surface area contributed by atoms with Crippen molar-refractivity contribution in [2.24, 2.45) is 11.7 Å². The fourth-order valence-corrected chi connectivity index (χ4v) is 3.79. The first-order chi connectivity index (χ1) is 10.5. The van der Waals surface area contributed by atoms with Gasteiger partial charge in [0.05, 0.1) is 23.2 Å². The van der Waals surface area contributed by atoms with Gasteiger partial charge >= 0.3 is 6.03 Å². The Balaban J connectivity index is 1.88. The largest absolute Gasteiger partial charge is 0.351 e. The van der Waals surface area contributed by atoms with E-state index in [4.69, 9.17) is 5.73 Å². The zero-order chi connectivity index (χ0) is 16.1. The first-order valence-corrected chi connectivity index (χ1v) is 8.60. The van der Waals surface area contributed by atoms with Gasteiger partial charge in [-0.25, -0.2) is 9.78 Å². The number of carbonyl (C=O) groups excluding carboxylic acids is 2. The molecular weight excluding hydrogens is 300 g/mol. The van der Waals surface area contributed by atoms with E-state index < -0.39 is 6.03 Å². The van der Waals surface area contributed by atoms with Gasteiger partial charge in [0.15, 0.2) is 0 Å². The number of likely N-dealkylation sites (tertiary alicyclic amines) is 1. The molecule has 0 spiro atoms. The number of nitrogens with two attached hydrogens (primary N) is 1. The minimum absolute atomic E-state index is 0.00390. The number of thiazole rings is 1. The summed E-state index contributed by atoms with van der Waals surface area (Å²) >= 11 is 1.67. The van der Waals surface area contributed by atoms with Crippen molar-refractivity contribution in [1.82, 2.24) is 15.2 Å². The molecule has 0 saturated carbocycles. The molecule has 0 aromatic carbocycles. The first-order valence-electron chi connectivity index (χ1n) is 7.78. The normalized spacial score (nSPS) is 18.3. The quantitative estimate of drug-likeness (QED) is 0.866. The fraction of sp³-hybridized carbons (Fsp3) is 0.667. The second-order valence-electron chi connectivity index (χ2n) is 5.71. The molecule has 2 heterocycles. The molecule has 1 atom stereocenters. The summed E-state index contributed by atoms with van der Waals surface area (Å²) in [6.07, 6.45) is 3.68. The molecule has 0 bridgehead atoms. The molecule has 0 aliphatic carbocycles. The fourth-order valence-electron chi connectivity index (χ4n) is 2.68. The zero-order valence-corrected chi connectivity index (χ0v) is 14.0. The lowest BCUT2D eigenvalue weighted by atomic mass is 9.97. The van der Waals surface area contributed by atoms with Crippen LogP contribution in [0, 0.1) is 12.8 Å². The van der Waals surface area contributed by atoms with Gasteiger partial charge in [-0.15, -0.1) is 11.3 Å². The number of nitrogens with one attached hydrogen (secondary N) is 1. The third-order valence-electron chi connectivity index (χ3n) is 3.93. The number of hydrogen-bond donors (Lipinski definition) is 2. The maximum absolute atomic E-state index is 12.3. The summed E-state index contributed by atoms with van der Waals surface area (Å²) in [5.41, 5.74) is 6.29. The number of nitrogens with zero attached hydrogens (tertiary/aromatic N) is 2. The number of primary amides is 1. The number of hydrogen-bond acceptors (Lipinski definition) is 4. The molecule has 1 aromatic heterocycles. The van der Waals surface area contributed by atoms with E-state index in [9.17, 15) is 9.59 Å². The summed E-state index contributed by atoms with van der Waals surface area (Å²) in [6.45, 7) is 5.69. The molecule has 1 aromatic rings. The predicted octanol–water partition coefficient (Wildman–Crippen LogP) is 1.81.